The van der Waals surface area contributed by atoms with Crippen LogP contribution in [0, 0.1) is 0 Å². The highest BCUT2D eigenvalue weighted by molar-refractivity contribution is 5.43. The third-order valence-corrected chi connectivity index (χ3v) is 4.33. The number of aromatic nitrogens is 2. The average molecular weight is 272 g/mol. The third kappa shape index (κ3) is 2.45. The van der Waals surface area contributed by atoms with E-state index in [2.05, 4.69) is 47.7 Å². The first-order chi connectivity index (χ1) is 9.69. The molecular formula is C16H24N4. The van der Waals surface area contributed by atoms with Gasteiger partial charge in [0, 0.05) is 25.0 Å². The molecule has 1 unspecified atom stereocenters. The first-order valence-corrected chi connectivity index (χ1v) is 7.62. The molecule has 0 spiro atoms. The lowest BCUT2D eigenvalue weighted by molar-refractivity contribution is 0.109. The van der Waals surface area contributed by atoms with Crippen LogP contribution in [0.5, 0.6) is 0 Å². The van der Waals surface area contributed by atoms with Gasteiger partial charge in [-0.2, -0.15) is 0 Å². The van der Waals surface area contributed by atoms with Crippen molar-refractivity contribution >= 4 is 5.65 Å². The van der Waals surface area contributed by atoms with E-state index in [0.29, 0.717) is 18.6 Å². The summed E-state index contributed by atoms with van der Waals surface area (Å²) in [5.41, 5.74) is 9.06. The van der Waals surface area contributed by atoms with Crippen LogP contribution in [0.4, 0.5) is 0 Å². The Morgan fingerprint density at radius 2 is 2.25 bits per heavy atom. The van der Waals surface area contributed by atoms with E-state index >= 15 is 0 Å². The van der Waals surface area contributed by atoms with E-state index in [9.17, 15) is 0 Å². The number of likely N-dealkylation sites (tertiary alicyclic amines) is 1. The van der Waals surface area contributed by atoms with E-state index in [1.807, 2.05) is 0 Å². The maximum absolute atomic E-state index is 5.71. The van der Waals surface area contributed by atoms with Crippen molar-refractivity contribution in [3.05, 3.63) is 35.8 Å². The molecule has 0 radical (unpaired) electrons. The fraction of sp³-hybridized carbons (Fsp3) is 0.562. The quantitative estimate of drug-likeness (QED) is 0.934. The maximum atomic E-state index is 5.71. The number of imidazole rings is 1. The van der Waals surface area contributed by atoms with Crippen LogP contribution in [0.15, 0.2) is 24.5 Å². The van der Waals surface area contributed by atoms with Gasteiger partial charge in [-0.05, 0) is 50.9 Å². The normalized spacial score (nSPS) is 20.9. The SMILES string of the molecule is CC(C)N1CCCCC1c1cn2ccc(CN)cc2n1. The van der Waals surface area contributed by atoms with Gasteiger partial charge in [0.1, 0.15) is 5.65 Å². The van der Waals surface area contributed by atoms with Crippen LogP contribution in [0.3, 0.4) is 0 Å². The number of hydrogen-bond donors (Lipinski definition) is 1. The summed E-state index contributed by atoms with van der Waals surface area (Å²) < 4.78 is 2.11. The number of fused-ring (bicyclic) bond motifs is 1. The third-order valence-electron chi connectivity index (χ3n) is 4.33. The topological polar surface area (TPSA) is 46.6 Å². The Kier molecular flexibility index (Phi) is 3.76. The van der Waals surface area contributed by atoms with E-state index in [1.54, 1.807) is 0 Å². The van der Waals surface area contributed by atoms with Gasteiger partial charge in [-0.3, -0.25) is 4.90 Å². The predicted octanol–water partition coefficient (Wildman–Crippen LogP) is 2.73. The second-order valence-electron chi connectivity index (χ2n) is 6.01. The van der Waals surface area contributed by atoms with Crippen LogP contribution in [-0.2, 0) is 6.54 Å². The zero-order valence-electron chi connectivity index (χ0n) is 12.4. The number of hydrogen-bond acceptors (Lipinski definition) is 3. The zero-order valence-corrected chi connectivity index (χ0v) is 12.4. The molecule has 0 aromatic carbocycles. The van der Waals surface area contributed by atoms with Crippen molar-refractivity contribution in [1.29, 1.82) is 0 Å². The standard InChI is InChI=1S/C16H24N4/c1-12(2)20-7-4-3-5-15(20)14-11-19-8-6-13(10-17)9-16(19)18-14/h6,8-9,11-12,15H,3-5,7,10,17H2,1-2H3. The fourth-order valence-electron chi connectivity index (χ4n) is 3.22. The van der Waals surface area contributed by atoms with Crippen LogP contribution in [0.25, 0.3) is 5.65 Å². The van der Waals surface area contributed by atoms with Gasteiger partial charge in [0.2, 0.25) is 0 Å². The van der Waals surface area contributed by atoms with E-state index < -0.39 is 0 Å². The van der Waals surface area contributed by atoms with Gasteiger partial charge in [0.25, 0.3) is 0 Å². The monoisotopic (exact) mass is 272 g/mol. The van der Waals surface area contributed by atoms with Crippen molar-refractivity contribution in [3.63, 3.8) is 0 Å². The summed E-state index contributed by atoms with van der Waals surface area (Å²) >= 11 is 0. The van der Waals surface area contributed by atoms with Crippen LogP contribution in [-0.4, -0.2) is 26.9 Å². The summed E-state index contributed by atoms with van der Waals surface area (Å²) in [5.74, 6) is 0. The highest BCUT2D eigenvalue weighted by atomic mass is 15.2. The highest BCUT2D eigenvalue weighted by Gasteiger charge is 2.27. The summed E-state index contributed by atoms with van der Waals surface area (Å²) in [6, 6.07) is 5.20. The minimum Gasteiger partial charge on any atom is -0.326 e. The van der Waals surface area contributed by atoms with Crippen molar-refractivity contribution in [2.75, 3.05) is 6.54 Å². The molecule has 1 aliphatic heterocycles. The van der Waals surface area contributed by atoms with Gasteiger partial charge in [0.15, 0.2) is 0 Å². The summed E-state index contributed by atoms with van der Waals surface area (Å²) in [7, 11) is 0. The Balaban J connectivity index is 1.95. The average Bonchev–Trinajstić information content (AvgIpc) is 2.89. The molecule has 0 aliphatic carbocycles. The van der Waals surface area contributed by atoms with Crippen molar-refractivity contribution < 1.29 is 0 Å². The van der Waals surface area contributed by atoms with E-state index in [-0.39, 0.29) is 0 Å². The largest absolute Gasteiger partial charge is 0.326 e. The lowest BCUT2D eigenvalue weighted by Gasteiger charge is -2.37. The second-order valence-corrected chi connectivity index (χ2v) is 6.01. The van der Waals surface area contributed by atoms with E-state index in [4.69, 9.17) is 10.7 Å². The Bertz CT molecular complexity index is 587. The van der Waals surface area contributed by atoms with E-state index in [1.165, 1.54) is 31.5 Å². The first-order valence-electron chi connectivity index (χ1n) is 7.62. The van der Waals surface area contributed by atoms with Gasteiger partial charge in [-0.15, -0.1) is 0 Å². The van der Waals surface area contributed by atoms with E-state index in [0.717, 1.165) is 11.2 Å². The van der Waals surface area contributed by atoms with Crippen molar-refractivity contribution in [2.24, 2.45) is 5.73 Å². The summed E-state index contributed by atoms with van der Waals surface area (Å²) in [6.45, 7) is 6.31. The minimum absolute atomic E-state index is 0.463. The summed E-state index contributed by atoms with van der Waals surface area (Å²) in [5, 5.41) is 0. The minimum atomic E-state index is 0.463. The molecule has 108 valence electrons. The number of nitrogens with zero attached hydrogens (tertiary/aromatic N) is 3. The van der Waals surface area contributed by atoms with Gasteiger partial charge in [0.05, 0.1) is 11.7 Å². The molecule has 1 fully saturated rings. The fourth-order valence-corrected chi connectivity index (χ4v) is 3.22. The molecule has 0 amide bonds. The molecule has 1 aliphatic rings. The van der Waals surface area contributed by atoms with Crippen LogP contribution in [0.1, 0.15) is 50.4 Å². The Morgan fingerprint density at radius 1 is 1.40 bits per heavy atom. The lowest BCUT2D eigenvalue weighted by Crippen LogP contribution is -2.38. The van der Waals surface area contributed by atoms with Crippen molar-refractivity contribution in [3.8, 4) is 0 Å². The van der Waals surface area contributed by atoms with Crippen LogP contribution >= 0.6 is 0 Å². The number of nitrogens with two attached hydrogens (primary N) is 1. The molecule has 1 atom stereocenters. The van der Waals surface area contributed by atoms with Crippen LogP contribution in [0.2, 0.25) is 0 Å². The Labute approximate surface area is 120 Å². The molecule has 2 aromatic rings. The molecule has 3 rings (SSSR count). The lowest BCUT2D eigenvalue weighted by atomic mass is 9.98. The van der Waals surface area contributed by atoms with Gasteiger partial charge >= 0.3 is 0 Å². The maximum Gasteiger partial charge on any atom is 0.137 e. The number of pyridine rings is 1. The molecule has 4 heteroatoms. The number of piperidine rings is 1. The zero-order chi connectivity index (χ0) is 14.1. The Morgan fingerprint density at radius 3 is 3.00 bits per heavy atom. The second kappa shape index (κ2) is 5.54. The smallest absolute Gasteiger partial charge is 0.137 e. The van der Waals surface area contributed by atoms with Crippen LogP contribution < -0.4 is 5.73 Å². The molecular weight excluding hydrogens is 248 g/mol. The molecule has 2 aromatic heterocycles. The summed E-state index contributed by atoms with van der Waals surface area (Å²) in [6.07, 6.45) is 8.07. The van der Waals surface area contributed by atoms with Crippen molar-refractivity contribution in [2.45, 2.75) is 51.7 Å². The molecule has 2 N–H and O–H groups in total. The van der Waals surface area contributed by atoms with Crippen molar-refractivity contribution in [1.82, 2.24) is 14.3 Å². The van der Waals surface area contributed by atoms with Gasteiger partial charge in [-0.25, -0.2) is 4.98 Å². The van der Waals surface area contributed by atoms with Gasteiger partial charge in [-0.1, -0.05) is 6.42 Å². The predicted molar refractivity (Wildman–Crippen MR) is 81.5 cm³/mol. The first kappa shape index (κ1) is 13.6. The number of rotatable bonds is 3. The van der Waals surface area contributed by atoms with Gasteiger partial charge < -0.3 is 10.1 Å². The molecule has 3 heterocycles. The molecule has 20 heavy (non-hydrogen) atoms. The molecule has 0 bridgehead atoms. The highest BCUT2D eigenvalue weighted by Crippen LogP contribution is 2.32. The summed E-state index contributed by atoms with van der Waals surface area (Å²) in [4.78, 5) is 7.42. The molecule has 0 saturated carbocycles. The molecule has 1 saturated heterocycles. The molecule has 4 nitrogen and oxygen atoms in total. The Hall–Kier alpha value is -1.39.